The third-order valence-electron chi connectivity index (χ3n) is 8.24. The van der Waals surface area contributed by atoms with Crippen molar-refractivity contribution in [2.24, 2.45) is 0 Å². The lowest BCUT2D eigenvalue weighted by molar-refractivity contribution is 1.20. The van der Waals surface area contributed by atoms with Gasteiger partial charge in [0.25, 0.3) is 0 Å². The average Bonchev–Trinajstić information content (AvgIpc) is 3.05. The van der Waals surface area contributed by atoms with Crippen LogP contribution in [-0.2, 0) is 0 Å². The Morgan fingerprint density at radius 3 is 1.60 bits per heavy atom. The second kappa shape index (κ2) is 11.0. The zero-order chi connectivity index (χ0) is 29.4. The number of fused-ring (bicyclic) bond motifs is 2. The molecule has 6 aromatic carbocycles. The predicted molar refractivity (Wildman–Crippen MR) is 188 cm³/mol. The van der Waals surface area contributed by atoms with Crippen molar-refractivity contribution in [2.75, 3.05) is 4.90 Å². The van der Waals surface area contributed by atoms with E-state index in [1.807, 2.05) is 0 Å². The van der Waals surface area contributed by atoms with E-state index in [9.17, 15) is 0 Å². The molecule has 0 aliphatic carbocycles. The highest BCUT2D eigenvalue weighted by molar-refractivity contribution is 6.88. The van der Waals surface area contributed by atoms with Gasteiger partial charge in [0.05, 0.1) is 13.8 Å². The zero-order valence-corrected chi connectivity index (χ0v) is 25.8. The molecule has 208 valence electrons. The van der Waals surface area contributed by atoms with E-state index in [-0.39, 0.29) is 0 Å². The first-order valence-electron chi connectivity index (χ1n) is 14.9. The van der Waals surface area contributed by atoms with Crippen LogP contribution in [0.15, 0.2) is 152 Å². The quantitative estimate of drug-likeness (QED) is 0.146. The van der Waals surface area contributed by atoms with Crippen LogP contribution in [0, 0.1) is 0 Å². The van der Waals surface area contributed by atoms with E-state index in [0.717, 1.165) is 17.2 Å². The number of aromatic nitrogens is 1. The van der Waals surface area contributed by atoms with Crippen LogP contribution in [0.4, 0.5) is 17.2 Å². The van der Waals surface area contributed by atoms with Crippen molar-refractivity contribution in [1.82, 2.24) is 4.98 Å². The monoisotopic (exact) mass is 570 g/mol. The average molecular weight is 571 g/mol. The minimum absolute atomic E-state index is 0.919. The van der Waals surface area contributed by atoms with Gasteiger partial charge in [0.2, 0.25) is 0 Å². The lowest BCUT2D eigenvalue weighted by Crippen LogP contribution is -2.37. The maximum Gasteiger partial charge on any atom is 0.137 e. The maximum atomic E-state index is 5.10. The Morgan fingerprint density at radius 1 is 0.488 bits per heavy atom. The Labute approximate surface area is 254 Å². The summed E-state index contributed by atoms with van der Waals surface area (Å²) in [5.41, 5.74) is 7.14. The molecule has 0 spiro atoms. The molecule has 2 nitrogen and oxygen atoms in total. The summed E-state index contributed by atoms with van der Waals surface area (Å²) >= 11 is 0. The van der Waals surface area contributed by atoms with Gasteiger partial charge in [0, 0.05) is 22.7 Å². The van der Waals surface area contributed by atoms with E-state index in [4.69, 9.17) is 4.98 Å². The summed E-state index contributed by atoms with van der Waals surface area (Å²) in [6.07, 6.45) is 2.09. The van der Waals surface area contributed by atoms with Crippen LogP contribution in [0.1, 0.15) is 0 Å². The number of anilines is 3. The van der Waals surface area contributed by atoms with Crippen molar-refractivity contribution < 1.29 is 0 Å². The third kappa shape index (κ3) is 5.02. The molecule has 0 N–H and O–H groups in total. The van der Waals surface area contributed by atoms with E-state index in [1.165, 1.54) is 49.0 Å². The van der Waals surface area contributed by atoms with Crippen molar-refractivity contribution in [3.05, 3.63) is 152 Å². The molecule has 0 saturated carbocycles. The molecule has 1 aromatic heterocycles. The Bertz CT molecular complexity index is 1990. The van der Waals surface area contributed by atoms with Gasteiger partial charge in [-0.1, -0.05) is 141 Å². The fourth-order valence-electron chi connectivity index (χ4n) is 6.06. The van der Waals surface area contributed by atoms with E-state index in [0.29, 0.717) is 0 Å². The summed E-state index contributed by atoms with van der Waals surface area (Å²) in [7, 11) is -1.49. The molecule has 7 rings (SSSR count). The summed E-state index contributed by atoms with van der Waals surface area (Å²) in [6, 6.07) is 52.3. The normalized spacial score (nSPS) is 11.6. The van der Waals surface area contributed by atoms with Gasteiger partial charge in [-0.3, -0.25) is 4.90 Å². The van der Waals surface area contributed by atoms with Crippen LogP contribution in [0.3, 0.4) is 0 Å². The van der Waals surface area contributed by atoms with Crippen LogP contribution >= 0.6 is 0 Å². The number of nitrogens with zero attached hydrogens (tertiary/aromatic N) is 2. The molecule has 0 aliphatic heterocycles. The van der Waals surface area contributed by atoms with Gasteiger partial charge in [-0.25, -0.2) is 4.98 Å². The highest BCUT2D eigenvalue weighted by Gasteiger charge is 2.24. The molecule has 3 heteroatoms. The van der Waals surface area contributed by atoms with Crippen LogP contribution in [-0.4, -0.2) is 13.1 Å². The van der Waals surface area contributed by atoms with Gasteiger partial charge in [-0.2, -0.15) is 0 Å². The van der Waals surface area contributed by atoms with Crippen LogP contribution in [0.2, 0.25) is 19.6 Å². The van der Waals surface area contributed by atoms with Crippen molar-refractivity contribution in [3.8, 4) is 22.3 Å². The molecule has 0 aliphatic rings. The summed E-state index contributed by atoms with van der Waals surface area (Å²) < 4.78 is 0. The smallest absolute Gasteiger partial charge is 0.137 e. The highest BCUT2D eigenvalue weighted by atomic mass is 28.3. The Hall–Kier alpha value is -4.99. The number of rotatable bonds is 6. The molecule has 1 heterocycles. The van der Waals surface area contributed by atoms with E-state index in [2.05, 4.69) is 176 Å². The van der Waals surface area contributed by atoms with E-state index in [1.54, 1.807) is 0 Å². The lowest BCUT2D eigenvalue weighted by Gasteiger charge is -2.29. The molecule has 0 saturated heterocycles. The van der Waals surface area contributed by atoms with Gasteiger partial charge >= 0.3 is 0 Å². The fourth-order valence-corrected chi connectivity index (χ4v) is 7.09. The van der Waals surface area contributed by atoms with Crippen molar-refractivity contribution in [3.63, 3.8) is 0 Å². The number of hydrogen-bond acceptors (Lipinski definition) is 2. The highest BCUT2D eigenvalue weighted by Crippen LogP contribution is 2.47. The zero-order valence-electron chi connectivity index (χ0n) is 24.8. The largest absolute Gasteiger partial charge is 0.294 e. The first-order valence-corrected chi connectivity index (χ1v) is 18.4. The number of benzene rings is 6. The first-order chi connectivity index (χ1) is 21.0. The van der Waals surface area contributed by atoms with E-state index < -0.39 is 8.07 Å². The summed E-state index contributed by atoms with van der Waals surface area (Å²) in [5, 5.41) is 6.19. The number of pyridine rings is 1. The standard InChI is InChI=1S/C40H34N2Si/c1-43(2,3)33-25-26-38(41-28-33)42(32-19-8-5-9-20-32)40-36-23-12-10-21-34(36)39(35-22-11-13-24-37(35)40)31-18-14-17-30(27-31)29-15-6-4-7-16-29/h4-28H,1-3H3. The predicted octanol–water partition coefficient (Wildman–Crippen LogP) is 10.7. The Kier molecular flexibility index (Phi) is 6.88. The van der Waals surface area contributed by atoms with Crippen LogP contribution in [0.25, 0.3) is 43.8 Å². The molecule has 0 radical (unpaired) electrons. The summed E-state index contributed by atoms with van der Waals surface area (Å²) in [5.74, 6) is 0.919. The minimum atomic E-state index is -1.49. The molecule has 0 bridgehead atoms. The topological polar surface area (TPSA) is 16.1 Å². The molecule has 0 unspecified atom stereocenters. The Morgan fingerprint density at radius 2 is 1.02 bits per heavy atom. The second-order valence-electron chi connectivity index (χ2n) is 12.1. The van der Waals surface area contributed by atoms with Crippen molar-refractivity contribution in [2.45, 2.75) is 19.6 Å². The van der Waals surface area contributed by atoms with Crippen LogP contribution < -0.4 is 10.1 Å². The SMILES string of the molecule is C[Si](C)(C)c1ccc(N(c2ccccc2)c2c3ccccc3c(-c3cccc(-c4ccccc4)c3)c3ccccc23)nc1. The van der Waals surface area contributed by atoms with Crippen molar-refractivity contribution in [1.29, 1.82) is 0 Å². The van der Waals surface area contributed by atoms with Gasteiger partial charge < -0.3 is 0 Å². The van der Waals surface area contributed by atoms with Gasteiger partial charge in [-0.05, 0) is 62.5 Å². The van der Waals surface area contributed by atoms with Gasteiger partial charge in [-0.15, -0.1) is 0 Å². The van der Waals surface area contributed by atoms with Crippen molar-refractivity contribution >= 4 is 52.0 Å². The lowest BCUT2D eigenvalue weighted by atomic mass is 9.89. The Balaban J connectivity index is 1.53. The molecule has 43 heavy (non-hydrogen) atoms. The molecular formula is C40H34N2Si. The molecule has 0 fully saturated rings. The fraction of sp³-hybridized carbons (Fsp3) is 0.0750. The maximum absolute atomic E-state index is 5.10. The molecule has 0 amide bonds. The number of hydrogen-bond donors (Lipinski definition) is 0. The van der Waals surface area contributed by atoms with Crippen LogP contribution in [0.5, 0.6) is 0 Å². The minimum Gasteiger partial charge on any atom is -0.294 e. The summed E-state index contributed by atoms with van der Waals surface area (Å²) in [4.78, 5) is 7.43. The third-order valence-corrected chi connectivity index (χ3v) is 10.3. The van der Waals surface area contributed by atoms with Gasteiger partial charge in [0.15, 0.2) is 0 Å². The van der Waals surface area contributed by atoms with Gasteiger partial charge in [0.1, 0.15) is 5.82 Å². The second-order valence-corrected chi connectivity index (χ2v) is 17.2. The number of para-hydroxylation sites is 1. The molecule has 7 aromatic rings. The molecular weight excluding hydrogens is 537 g/mol. The first kappa shape index (κ1) is 26.9. The summed E-state index contributed by atoms with van der Waals surface area (Å²) in [6.45, 7) is 7.10. The van der Waals surface area contributed by atoms with E-state index >= 15 is 0 Å². The molecule has 0 atom stereocenters.